The number of fused-ring (bicyclic) bond motifs is 1. The Hall–Kier alpha value is -1.36. The van der Waals surface area contributed by atoms with Crippen LogP contribution in [0.2, 0.25) is 0 Å². The van der Waals surface area contributed by atoms with E-state index in [9.17, 15) is 4.79 Å². The highest BCUT2D eigenvalue weighted by atomic mass is 16.5. The van der Waals surface area contributed by atoms with Crippen LogP contribution in [0.15, 0.2) is 6.33 Å². The number of ether oxygens (including phenoxy) is 1. The number of nitrogens with zero attached hydrogens (tertiary/aromatic N) is 1. The van der Waals surface area contributed by atoms with E-state index in [0.717, 1.165) is 24.4 Å². The van der Waals surface area contributed by atoms with Gasteiger partial charge in [0.25, 0.3) is 0 Å². The summed E-state index contributed by atoms with van der Waals surface area (Å²) >= 11 is 0. The number of rotatable bonds is 3. The highest BCUT2D eigenvalue weighted by Crippen LogP contribution is 2.30. The first-order chi connectivity index (χ1) is 7.74. The van der Waals surface area contributed by atoms with E-state index in [1.54, 1.807) is 6.33 Å². The van der Waals surface area contributed by atoms with Gasteiger partial charge in [0.05, 0.1) is 18.6 Å². The van der Waals surface area contributed by atoms with Crippen LogP contribution in [-0.4, -0.2) is 29.1 Å². The third-order valence-electron chi connectivity index (χ3n) is 3.08. The average molecular weight is 223 g/mol. The Morgan fingerprint density at radius 1 is 1.62 bits per heavy atom. The fraction of sp³-hybridized carbons (Fsp3) is 0.636. The van der Waals surface area contributed by atoms with E-state index in [0.29, 0.717) is 13.0 Å². The van der Waals surface area contributed by atoms with Gasteiger partial charge in [-0.3, -0.25) is 5.32 Å². The van der Waals surface area contributed by atoms with Crippen LogP contribution in [0.25, 0.3) is 0 Å². The number of hydrogen-bond donors (Lipinski definition) is 2. The zero-order valence-corrected chi connectivity index (χ0v) is 9.67. The number of H-pyrrole nitrogens is 1. The maximum absolute atomic E-state index is 12.1. The SMILES string of the molecule is CCOC(=O)[C@@]1(CC)NCCc2[nH]cnc21. The molecule has 0 unspecified atom stereocenters. The van der Waals surface area contributed by atoms with E-state index < -0.39 is 5.54 Å². The predicted octanol–water partition coefficient (Wildman–Crippen LogP) is 0.724. The van der Waals surface area contributed by atoms with Crippen LogP contribution in [0.3, 0.4) is 0 Å². The Bertz CT molecular complexity index is 388. The standard InChI is InChI=1S/C11H17N3O2/c1-3-11(10(15)16-4-2)9-8(5-6-14-11)12-7-13-9/h7,14H,3-6H2,1-2H3,(H,12,13)/t11-/m0/s1. The quantitative estimate of drug-likeness (QED) is 0.741. The van der Waals surface area contributed by atoms with Crippen molar-refractivity contribution in [3.05, 3.63) is 17.7 Å². The summed E-state index contributed by atoms with van der Waals surface area (Å²) < 4.78 is 5.15. The van der Waals surface area contributed by atoms with Crippen LogP contribution in [0.1, 0.15) is 31.7 Å². The van der Waals surface area contributed by atoms with Crippen LogP contribution < -0.4 is 5.32 Å². The molecule has 1 aliphatic rings. The van der Waals surface area contributed by atoms with Gasteiger partial charge >= 0.3 is 5.97 Å². The lowest BCUT2D eigenvalue weighted by Crippen LogP contribution is -2.53. The van der Waals surface area contributed by atoms with E-state index in [2.05, 4.69) is 15.3 Å². The van der Waals surface area contributed by atoms with Gasteiger partial charge in [0.1, 0.15) is 0 Å². The second kappa shape index (κ2) is 4.25. The topological polar surface area (TPSA) is 67.0 Å². The summed E-state index contributed by atoms with van der Waals surface area (Å²) in [5, 5.41) is 3.25. The van der Waals surface area contributed by atoms with E-state index in [1.807, 2.05) is 13.8 Å². The maximum Gasteiger partial charge on any atom is 0.332 e. The Labute approximate surface area is 94.6 Å². The molecule has 0 saturated heterocycles. The molecule has 0 aliphatic carbocycles. The number of carbonyl (C=O) groups is 1. The van der Waals surface area contributed by atoms with Gasteiger partial charge in [-0.05, 0) is 13.3 Å². The lowest BCUT2D eigenvalue weighted by Gasteiger charge is -2.34. The van der Waals surface area contributed by atoms with Gasteiger partial charge in [-0.25, -0.2) is 9.78 Å². The molecule has 0 saturated carbocycles. The fourth-order valence-electron chi connectivity index (χ4n) is 2.22. The molecule has 5 heteroatoms. The minimum atomic E-state index is -0.760. The summed E-state index contributed by atoms with van der Waals surface area (Å²) in [6.45, 7) is 4.94. The molecule has 1 aliphatic heterocycles. The van der Waals surface area contributed by atoms with Crippen LogP contribution in [0.4, 0.5) is 0 Å². The number of aromatic amines is 1. The summed E-state index contributed by atoms with van der Waals surface area (Å²) in [6, 6.07) is 0. The number of hydrogen-bond acceptors (Lipinski definition) is 4. The van der Waals surface area contributed by atoms with Crippen molar-refractivity contribution >= 4 is 5.97 Å². The molecule has 0 fully saturated rings. The highest BCUT2D eigenvalue weighted by molar-refractivity contribution is 5.82. The van der Waals surface area contributed by atoms with Crippen molar-refractivity contribution in [3.63, 3.8) is 0 Å². The van der Waals surface area contributed by atoms with Crippen molar-refractivity contribution in [2.75, 3.05) is 13.2 Å². The zero-order valence-electron chi connectivity index (χ0n) is 9.67. The smallest absolute Gasteiger partial charge is 0.332 e. The van der Waals surface area contributed by atoms with Crippen molar-refractivity contribution < 1.29 is 9.53 Å². The first-order valence-corrected chi connectivity index (χ1v) is 5.69. The first-order valence-electron chi connectivity index (χ1n) is 5.69. The molecular formula is C11H17N3O2. The Morgan fingerprint density at radius 3 is 3.12 bits per heavy atom. The van der Waals surface area contributed by atoms with E-state index >= 15 is 0 Å². The van der Waals surface area contributed by atoms with Gasteiger partial charge in [0, 0.05) is 18.7 Å². The van der Waals surface area contributed by atoms with Crippen LogP contribution in [-0.2, 0) is 21.5 Å². The van der Waals surface area contributed by atoms with Crippen LogP contribution in [0, 0.1) is 0 Å². The van der Waals surface area contributed by atoms with Gasteiger partial charge < -0.3 is 9.72 Å². The minimum absolute atomic E-state index is 0.231. The van der Waals surface area contributed by atoms with Crippen molar-refractivity contribution in [2.45, 2.75) is 32.2 Å². The average Bonchev–Trinajstić information content (AvgIpc) is 2.77. The highest BCUT2D eigenvalue weighted by Gasteiger charge is 2.45. The number of aromatic nitrogens is 2. The minimum Gasteiger partial charge on any atom is -0.464 e. The van der Waals surface area contributed by atoms with Crippen molar-refractivity contribution in [2.24, 2.45) is 0 Å². The summed E-state index contributed by atoms with van der Waals surface area (Å²) in [5.41, 5.74) is 1.07. The largest absolute Gasteiger partial charge is 0.464 e. The van der Waals surface area contributed by atoms with Crippen LogP contribution in [0.5, 0.6) is 0 Å². The number of esters is 1. The number of nitrogens with one attached hydrogen (secondary N) is 2. The number of imidazole rings is 1. The van der Waals surface area contributed by atoms with Crippen molar-refractivity contribution in [3.8, 4) is 0 Å². The second-order valence-electron chi connectivity index (χ2n) is 3.89. The van der Waals surface area contributed by atoms with Gasteiger partial charge in [0.15, 0.2) is 5.54 Å². The monoisotopic (exact) mass is 223 g/mol. The summed E-state index contributed by atoms with van der Waals surface area (Å²) in [6.07, 6.45) is 3.15. The molecule has 0 spiro atoms. The lowest BCUT2D eigenvalue weighted by molar-refractivity contribution is -0.152. The van der Waals surface area contributed by atoms with Gasteiger partial charge in [-0.15, -0.1) is 0 Å². The molecule has 5 nitrogen and oxygen atoms in total. The van der Waals surface area contributed by atoms with Gasteiger partial charge in [-0.1, -0.05) is 6.92 Å². The van der Waals surface area contributed by atoms with Gasteiger partial charge in [0.2, 0.25) is 0 Å². The molecule has 0 radical (unpaired) electrons. The zero-order chi connectivity index (χ0) is 11.6. The van der Waals surface area contributed by atoms with E-state index in [4.69, 9.17) is 4.74 Å². The Kier molecular flexibility index (Phi) is 2.96. The first kappa shape index (κ1) is 11.1. The third-order valence-corrected chi connectivity index (χ3v) is 3.08. The summed E-state index contributed by atoms with van der Waals surface area (Å²) in [4.78, 5) is 19.4. The molecule has 1 aromatic heterocycles. The molecule has 1 atom stereocenters. The molecule has 0 aromatic carbocycles. The molecule has 88 valence electrons. The second-order valence-corrected chi connectivity index (χ2v) is 3.89. The summed E-state index contributed by atoms with van der Waals surface area (Å²) in [7, 11) is 0. The van der Waals surface area contributed by atoms with Crippen LogP contribution >= 0.6 is 0 Å². The maximum atomic E-state index is 12.1. The molecule has 0 amide bonds. The Balaban J connectivity index is 2.40. The molecule has 2 rings (SSSR count). The molecule has 0 bridgehead atoms. The fourth-order valence-corrected chi connectivity index (χ4v) is 2.22. The van der Waals surface area contributed by atoms with Crippen molar-refractivity contribution in [1.29, 1.82) is 0 Å². The lowest BCUT2D eigenvalue weighted by atomic mass is 9.87. The molecule has 16 heavy (non-hydrogen) atoms. The molecule has 2 N–H and O–H groups in total. The third kappa shape index (κ3) is 1.51. The molecule has 2 heterocycles. The normalized spacial score (nSPS) is 23.9. The van der Waals surface area contributed by atoms with E-state index in [-0.39, 0.29) is 5.97 Å². The van der Waals surface area contributed by atoms with Gasteiger partial charge in [-0.2, -0.15) is 0 Å². The number of carbonyl (C=O) groups excluding carboxylic acids is 1. The summed E-state index contributed by atoms with van der Waals surface area (Å²) in [5.74, 6) is -0.231. The van der Waals surface area contributed by atoms with Crippen molar-refractivity contribution in [1.82, 2.24) is 15.3 Å². The Morgan fingerprint density at radius 2 is 2.44 bits per heavy atom. The predicted molar refractivity (Wildman–Crippen MR) is 58.9 cm³/mol. The molecular weight excluding hydrogens is 206 g/mol. The molecule has 1 aromatic rings. The van der Waals surface area contributed by atoms with E-state index in [1.165, 1.54) is 0 Å².